The maximum Gasteiger partial charge on any atom is 0.284 e. The molecule has 5 heteroatoms. The molecule has 1 rings (SSSR count). The number of hydrogen-bond acceptors (Lipinski definition) is 4. The molecule has 0 aliphatic heterocycles. The first-order chi connectivity index (χ1) is 7.69. The first-order valence-electron chi connectivity index (χ1n) is 5.19. The van der Waals surface area contributed by atoms with Crippen LogP contribution in [-0.4, -0.2) is 26.2 Å². The zero-order chi connectivity index (χ0) is 12.0. The predicted molar refractivity (Wildman–Crippen MR) is 63.7 cm³/mol. The summed E-state index contributed by atoms with van der Waals surface area (Å²) in [5, 5.41) is 0. The Morgan fingerprint density at radius 2 is 2.25 bits per heavy atom. The minimum atomic E-state index is -0.191. The summed E-state index contributed by atoms with van der Waals surface area (Å²) in [5.41, 5.74) is 3.55. The first-order valence-corrected chi connectivity index (χ1v) is 6.01. The lowest BCUT2D eigenvalue weighted by Gasteiger charge is -2.03. The number of carbonyl (C=O) groups excluding carboxylic acids is 1. The van der Waals surface area contributed by atoms with Gasteiger partial charge in [-0.25, -0.2) is 5.48 Å². The number of hydroxylamine groups is 1. The molecule has 1 aromatic rings. The van der Waals surface area contributed by atoms with Gasteiger partial charge in [0.1, 0.15) is 0 Å². The molecule has 0 bridgehead atoms. The van der Waals surface area contributed by atoms with Crippen molar-refractivity contribution in [3.8, 4) is 0 Å². The van der Waals surface area contributed by atoms with Crippen molar-refractivity contribution in [2.45, 2.75) is 20.3 Å². The highest BCUT2D eigenvalue weighted by atomic mass is 32.1. The smallest absolute Gasteiger partial charge is 0.284 e. The highest BCUT2D eigenvalue weighted by Gasteiger charge is 2.11. The Morgan fingerprint density at radius 1 is 1.50 bits per heavy atom. The Morgan fingerprint density at radius 3 is 2.81 bits per heavy atom. The van der Waals surface area contributed by atoms with Crippen LogP contribution in [0.1, 0.15) is 27.0 Å². The average Bonchev–Trinajstić information content (AvgIpc) is 2.66. The molecular formula is C11H17NO3S. The fourth-order valence-electron chi connectivity index (χ4n) is 1.27. The van der Waals surface area contributed by atoms with Gasteiger partial charge in [-0.15, -0.1) is 11.3 Å². The Bertz CT molecular complexity index is 349. The van der Waals surface area contributed by atoms with Crippen LogP contribution >= 0.6 is 11.3 Å². The van der Waals surface area contributed by atoms with Gasteiger partial charge in [-0.05, 0) is 25.0 Å². The van der Waals surface area contributed by atoms with Crippen molar-refractivity contribution in [2.75, 3.05) is 20.3 Å². The number of ether oxygens (including phenoxy) is 1. The third-order valence-electron chi connectivity index (χ3n) is 2.12. The van der Waals surface area contributed by atoms with Crippen LogP contribution in [0.2, 0.25) is 0 Å². The largest absolute Gasteiger partial charge is 0.382 e. The Hall–Kier alpha value is -0.910. The molecule has 16 heavy (non-hydrogen) atoms. The standard InChI is InChI=1S/C11H17NO3S/c1-4-9-8(2)7-10(16-9)11(13)12-15-6-5-14-3/h7H,4-6H2,1-3H3,(H,12,13). The topological polar surface area (TPSA) is 47.6 Å². The van der Waals surface area contributed by atoms with E-state index < -0.39 is 0 Å². The molecule has 1 aromatic heterocycles. The molecule has 0 fully saturated rings. The van der Waals surface area contributed by atoms with E-state index >= 15 is 0 Å². The summed E-state index contributed by atoms with van der Waals surface area (Å²) in [5.74, 6) is -0.191. The number of hydrogen-bond donors (Lipinski definition) is 1. The highest BCUT2D eigenvalue weighted by molar-refractivity contribution is 7.14. The van der Waals surface area contributed by atoms with E-state index in [-0.39, 0.29) is 5.91 Å². The number of methoxy groups -OCH3 is 1. The normalized spacial score (nSPS) is 10.4. The maximum atomic E-state index is 11.6. The number of thiophene rings is 1. The average molecular weight is 243 g/mol. The quantitative estimate of drug-likeness (QED) is 0.613. The van der Waals surface area contributed by atoms with Crippen molar-refractivity contribution in [3.63, 3.8) is 0 Å². The van der Waals surface area contributed by atoms with Crippen molar-refractivity contribution in [1.82, 2.24) is 5.48 Å². The Labute approximate surface area is 99.5 Å². The van der Waals surface area contributed by atoms with Crippen molar-refractivity contribution in [1.29, 1.82) is 0 Å². The summed E-state index contributed by atoms with van der Waals surface area (Å²) in [6.45, 7) is 4.91. The summed E-state index contributed by atoms with van der Waals surface area (Å²) >= 11 is 1.51. The molecule has 0 aliphatic rings. The Kier molecular flexibility index (Phi) is 5.45. The molecule has 0 aliphatic carbocycles. The number of rotatable bonds is 6. The molecule has 4 nitrogen and oxygen atoms in total. The summed E-state index contributed by atoms with van der Waals surface area (Å²) in [4.78, 5) is 18.5. The van der Waals surface area contributed by atoms with Gasteiger partial charge in [0.25, 0.3) is 5.91 Å². The zero-order valence-corrected chi connectivity index (χ0v) is 10.6. The molecule has 0 radical (unpaired) electrons. The lowest BCUT2D eigenvalue weighted by molar-refractivity contribution is 0.00914. The molecule has 0 spiro atoms. The van der Waals surface area contributed by atoms with Crippen molar-refractivity contribution in [3.05, 3.63) is 21.4 Å². The fourth-order valence-corrected chi connectivity index (χ4v) is 2.27. The molecule has 1 amide bonds. The van der Waals surface area contributed by atoms with Crippen molar-refractivity contribution in [2.24, 2.45) is 0 Å². The maximum absolute atomic E-state index is 11.6. The van der Waals surface area contributed by atoms with Crippen molar-refractivity contribution < 1.29 is 14.4 Å². The van der Waals surface area contributed by atoms with E-state index in [2.05, 4.69) is 12.4 Å². The van der Waals surface area contributed by atoms with Gasteiger partial charge in [-0.3, -0.25) is 9.63 Å². The van der Waals surface area contributed by atoms with E-state index in [1.54, 1.807) is 7.11 Å². The molecule has 1 N–H and O–H groups in total. The molecule has 0 aromatic carbocycles. The number of amides is 1. The SMILES string of the molecule is CCc1sc(C(=O)NOCCOC)cc1C. The van der Waals surface area contributed by atoms with Gasteiger partial charge in [-0.1, -0.05) is 6.92 Å². The molecule has 0 saturated carbocycles. The van der Waals surface area contributed by atoms with Crippen LogP contribution in [0.25, 0.3) is 0 Å². The lowest BCUT2D eigenvalue weighted by atomic mass is 10.2. The number of carbonyl (C=O) groups is 1. The summed E-state index contributed by atoms with van der Waals surface area (Å²) in [6.07, 6.45) is 0.953. The Balaban J connectivity index is 2.46. The zero-order valence-electron chi connectivity index (χ0n) is 9.83. The van der Waals surface area contributed by atoms with E-state index in [1.807, 2.05) is 13.0 Å². The highest BCUT2D eigenvalue weighted by Crippen LogP contribution is 2.22. The number of aryl methyl sites for hydroxylation is 2. The van der Waals surface area contributed by atoms with Crippen LogP contribution < -0.4 is 5.48 Å². The summed E-state index contributed by atoms with van der Waals surface area (Å²) in [6, 6.07) is 1.89. The van der Waals surface area contributed by atoms with Crippen LogP contribution in [0, 0.1) is 6.92 Å². The van der Waals surface area contributed by atoms with Gasteiger partial charge < -0.3 is 4.74 Å². The van der Waals surface area contributed by atoms with E-state index in [9.17, 15) is 4.79 Å². The molecular weight excluding hydrogens is 226 g/mol. The van der Waals surface area contributed by atoms with Gasteiger partial charge in [0.05, 0.1) is 18.1 Å². The van der Waals surface area contributed by atoms with Gasteiger partial charge in [0.15, 0.2) is 0 Å². The fraction of sp³-hybridized carbons (Fsp3) is 0.545. The van der Waals surface area contributed by atoms with Crippen LogP contribution in [0.5, 0.6) is 0 Å². The van der Waals surface area contributed by atoms with E-state index in [0.29, 0.717) is 18.1 Å². The second-order valence-electron chi connectivity index (χ2n) is 3.34. The van der Waals surface area contributed by atoms with E-state index in [1.165, 1.54) is 16.2 Å². The van der Waals surface area contributed by atoms with Gasteiger partial charge in [-0.2, -0.15) is 0 Å². The minimum absolute atomic E-state index is 0.191. The molecule has 0 saturated heterocycles. The van der Waals surface area contributed by atoms with Gasteiger partial charge in [0, 0.05) is 12.0 Å². The van der Waals surface area contributed by atoms with Crippen LogP contribution in [0.3, 0.4) is 0 Å². The van der Waals surface area contributed by atoms with Crippen LogP contribution in [0.4, 0.5) is 0 Å². The number of nitrogens with one attached hydrogen (secondary N) is 1. The van der Waals surface area contributed by atoms with Crippen molar-refractivity contribution >= 4 is 17.2 Å². The molecule has 90 valence electrons. The molecule has 1 heterocycles. The van der Waals surface area contributed by atoms with Gasteiger partial charge in [0.2, 0.25) is 0 Å². The summed E-state index contributed by atoms with van der Waals surface area (Å²) < 4.78 is 4.80. The predicted octanol–water partition coefficient (Wildman–Crippen LogP) is 1.93. The second kappa shape index (κ2) is 6.62. The lowest BCUT2D eigenvalue weighted by Crippen LogP contribution is -2.24. The molecule has 0 atom stereocenters. The first kappa shape index (κ1) is 13.2. The van der Waals surface area contributed by atoms with E-state index in [4.69, 9.17) is 9.57 Å². The third-order valence-corrected chi connectivity index (χ3v) is 3.50. The summed E-state index contributed by atoms with van der Waals surface area (Å²) in [7, 11) is 1.58. The van der Waals surface area contributed by atoms with Crippen LogP contribution in [0.15, 0.2) is 6.07 Å². The van der Waals surface area contributed by atoms with E-state index in [0.717, 1.165) is 12.0 Å². The molecule has 0 unspecified atom stereocenters. The monoisotopic (exact) mass is 243 g/mol. The second-order valence-corrected chi connectivity index (χ2v) is 4.48. The van der Waals surface area contributed by atoms with Gasteiger partial charge >= 0.3 is 0 Å². The third kappa shape index (κ3) is 3.59. The minimum Gasteiger partial charge on any atom is -0.382 e. The van der Waals surface area contributed by atoms with Crippen LogP contribution in [-0.2, 0) is 16.0 Å².